The van der Waals surface area contributed by atoms with Gasteiger partial charge in [-0.1, -0.05) is 32.4 Å². The van der Waals surface area contributed by atoms with Crippen LogP contribution in [-0.4, -0.2) is 239 Å². The van der Waals surface area contributed by atoms with Gasteiger partial charge in [-0.15, -0.1) is 0 Å². The molecular formula is C51H82O23. The molecule has 10 rings (SSSR count). The van der Waals surface area contributed by atoms with E-state index in [4.69, 9.17) is 47.4 Å². The van der Waals surface area contributed by atoms with Crippen molar-refractivity contribution in [3.8, 4) is 0 Å². The van der Waals surface area contributed by atoms with Crippen molar-refractivity contribution in [1.29, 1.82) is 0 Å². The lowest BCUT2D eigenvalue weighted by Gasteiger charge is -2.58. The zero-order valence-electron chi connectivity index (χ0n) is 42.8. The molecule has 6 aliphatic heterocycles. The number of fused-ring (bicyclic) bond motifs is 7. The van der Waals surface area contributed by atoms with Crippen LogP contribution in [-0.2, 0) is 47.4 Å². The standard InChI is InChI=1S/C51H82O23/c1-20-31-27(73-51(20)13-12-48(3,74-51)19-65-46-42(38(61)34(57)29(17-53)69-46)71-45-41(64)37(60)33(56)28(16-52)68-45)15-26-24-7-6-22-14-23(8-10-49(22,4)25(24)9-11-50(26,31)5)67-47-43(39(62)35(58)30(18-54)70-47)72-44-40(63)36(59)32(55)21(2)66-44/h6,20-21,23-47,52-64H,7-19H2,1-5H3/t20-,21-,23-,24+,25-,26-,27-,28+,29+,30+,31-,32-,33+,34+,35+,36+,37-,38-,39-,40+,41+,42+,43+,44-,45-,46+,47+,48-,49-,50-,51-/m0/s1. The van der Waals surface area contributed by atoms with E-state index in [-0.39, 0.29) is 41.5 Å². The third kappa shape index (κ3) is 9.38. The average Bonchev–Trinajstić information content (AvgIpc) is 4.02. The summed E-state index contributed by atoms with van der Waals surface area (Å²) in [6, 6.07) is 0. The Morgan fingerprint density at radius 3 is 1.78 bits per heavy atom. The van der Waals surface area contributed by atoms with Crippen molar-refractivity contribution in [3.05, 3.63) is 11.6 Å². The lowest BCUT2D eigenvalue weighted by molar-refractivity contribution is -0.371. The Morgan fingerprint density at radius 1 is 0.581 bits per heavy atom. The van der Waals surface area contributed by atoms with E-state index in [1.54, 1.807) is 0 Å². The molecule has 1 spiro atoms. The molecule has 13 N–H and O–H groups in total. The van der Waals surface area contributed by atoms with Gasteiger partial charge >= 0.3 is 0 Å². The second-order valence-corrected chi connectivity index (χ2v) is 24.2. The first-order chi connectivity index (χ1) is 35.0. The predicted octanol–water partition coefficient (Wildman–Crippen LogP) is -2.85. The van der Waals surface area contributed by atoms with E-state index in [1.165, 1.54) is 12.5 Å². The van der Waals surface area contributed by atoms with Crippen LogP contribution in [0.25, 0.3) is 0 Å². The quantitative estimate of drug-likeness (QED) is 0.0875. The molecule has 3 saturated carbocycles. The summed E-state index contributed by atoms with van der Waals surface area (Å²) in [5, 5.41) is 137. The van der Waals surface area contributed by atoms with Gasteiger partial charge in [0.1, 0.15) is 91.6 Å². The summed E-state index contributed by atoms with van der Waals surface area (Å²) in [5.41, 5.74) is 0.267. The number of hydrogen-bond donors (Lipinski definition) is 13. The van der Waals surface area contributed by atoms with Crippen molar-refractivity contribution in [2.75, 3.05) is 26.4 Å². The lowest BCUT2D eigenvalue weighted by Crippen LogP contribution is -2.65. The molecule has 23 heteroatoms. The van der Waals surface area contributed by atoms with Crippen LogP contribution < -0.4 is 0 Å². The Labute approximate surface area is 430 Å². The molecule has 4 aliphatic carbocycles. The monoisotopic (exact) mass is 1060 g/mol. The summed E-state index contributed by atoms with van der Waals surface area (Å²) in [5.74, 6) is 0.588. The fourth-order valence-electron chi connectivity index (χ4n) is 15.6. The highest BCUT2D eigenvalue weighted by molar-refractivity contribution is 5.27. The molecule has 0 unspecified atom stereocenters. The van der Waals surface area contributed by atoms with Gasteiger partial charge in [-0.2, -0.15) is 0 Å². The van der Waals surface area contributed by atoms with E-state index in [9.17, 15) is 66.4 Å². The summed E-state index contributed by atoms with van der Waals surface area (Å²) in [6.45, 7) is 8.41. The molecule has 23 nitrogen and oxygen atoms in total. The highest BCUT2D eigenvalue weighted by Gasteiger charge is 2.70. The van der Waals surface area contributed by atoms with Gasteiger partial charge in [0, 0.05) is 12.3 Å². The van der Waals surface area contributed by atoms with Gasteiger partial charge in [-0.3, -0.25) is 0 Å². The number of ether oxygens (including phenoxy) is 10. The maximum Gasteiger partial charge on any atom is 0.187 e. The van der Waals surface area contributed by atoms with Gasteiger partial charge in [0.2, 0.25) is 0 Å². The summed E-state index contributed by atoms with van der Waals surface area (Å²) in [4.78, 5) is 0. The van der Waals surface area contributed by atoms with E-state index in [0.717, 1.165) is 32.1 Å². The molecule has 6 saturated heterocycles. The van der Waals surface area contributed by atoms with E-state index in [2.05, 4.69) is 26.8 Å². The first-order valence-corrected chi connectivity index (χ1v) is 26.9. The fourth-order valence-corrected chi connectivity index (χ4v) is 15.6. The smallest absolute Gasteiger partial charge is 0.187 e. The van der Waals surface area contributed by atoms with Crippen molar-refractivity contribution in [1.82, 2.24) is 0 Å². The second-order valence-electron chi connectivity index (χ2n) is 24.2. The van der Waals surface area contributed by atoms with Gasteiger partial charge in [-0.05, 0) is 99.7 Å². The van der Waals surface area contributed by atoms with Crippen LogP contribution in [0.3, 0.4) is 0 Å². The molecule has 424 valence electrons. The van der Waals surface area contributed by atoms with Gasteiger partial charge in [0.05, 0.1) is 50.3 Å². The highest BCUT2D eigenvalue weighted by Crippen LogP contribution is 2.71. The number of aliphatic hydroxyl groups excluding tert-OH is 13. The summed E-state index contributed by atoms with van der Waals surface area (Å²) >= 11 is 0. The third-order valence-corrected chi connectivity index (χ3v) is 19.9. The van der Waals surface area contributed by atoms with Crippen LogP contribution in [0.5, 0.6) is 0 Å². The normalized spacial score (nSPS) is 57.4. The fraction of sp³-hybridized carbons (Fsp3) is 0.961. The molecule has 0 amide bonds. The lowest BCUT2D eigenvalue weighted by atomic mass is 9.47. The highest BCUT2D eigenvalue weighted by atomic mass is 16.8. The van der Waals surface area contributed by atoms with E-state index >= 15 is 0 Å². The van der Waals surface area contributed by atoms with Crippen molar-refractivity contribution >= 4 is 0 Å². The Hall–Kier alpha value is -1.18. The largest absolute Gasteiger partial charge is 0.394 e. The number of hydrogen-bond acceptors (Lipinski definition) is 23. The molecule has 0 aromatic carbocycles. The third-order valence-electron chi connectivity index (χ3n) is 19.9. The predicted molar refractivity (Wildman–Crippen MR) is 248 cm³/mol. The maximum absolute atomic E-state index is 11.2. The molecule has 0 aromatic rings. The number of rotatable bonds is 12. The molecule has 10 aliphatic rings. The summed E-state index contributed by atoms with van der Waals surface area (Å²) in [6.07, 6.45) is -20.6. The SMILES string of the molecule is C[C@@H]1O[C@@H](O[C@H]2[C@H](O[C@H]3CC[C@@]4(C)C(=CC[C@H]5[C@@H]6C[C@@H]7O[C@]8(CC[C@@](C)(CO[C@@H]9O[C@H](CO)[C@@H](O)[C@H](O)[C@H]9O[C@@H]9O[C@H](CO)[C@@H](O)[C@H](O)[C@H]9O)O8)[C@@H](C)[C@@H]7[C@@]6(C)CC[C@@H]54)C3)O[C@H](CO)[C@@H](O)[C@@H]2O)[C@H](O)[C@H](O)[C@H]1O. The molecule has 31 atom stereocenters. The van der Waals surface area contributed by atoms with Crippen LogP contribution in [0.15, 0.2) is 11.6 Å². The Kier molecular flexibility index (Phi) is 16.0. The number of allylic oxidation sites excluding steroid dienone is 1. The average molecular weight is 1060 g/mol. The van der Waals surface area contributed by atoms with Gasteiger partial charge in [0.25, 0.3) is 0 Å². The Balaban J connectivity index is 0.783. The molecule has 0 radical (unpaired) electrons. The van der Waals surface area contributed by atoms with Crippen molar-refractivity contribution in [2.45, 2.75) is 239 Å². The zero-order chi connectivity index (χ0) is 53.1. The van der Waals surface area contributed by atoms with E-state index in [1.807, 2.05) is 6.92 Å². The van der Waals surface area contributed by atoms with Crippen LogP contribution in [0.4, 0.5) is 0 Å². The molecule has 0 bridgehead atoms. The second kappa shape index (κ2) is 21.0. The van der Waals surface area contributed by atoms with Crippen molar-refractivity contribution in [3.63, 3.8) is 0 Å². The topological polar surface area (TPSA) is 355 Å². The molecule has 0 aromatic heterocycles. The van der Waals surface area contributed by atoms with E-state index in [0.29, 0.717) is 43.4 Å². The van der Waals surface area contributed by atoms with Gasteiger partial charge in [-0.25, -0.2) is 0 Å². The first kappa shape index (κ1) is 56.1. The maximum atomic E-state index is 11.2. The first-order valence-electron chi connectivity index (χ1n) is 26.9. The zero-order valence-corrected chi connectivity index (χ0v) is 42.8. The number of aliphatic hydroxyl groups is 13. The van der Waals surface area contributed by atoms with Crippen LogP contribution in [0, 0.1) is 40.4 Å². The van der Waals surface area contributed by atoms with E-state index < -0.39 is 154 Å². The Morgan fingerprint density at radius 2 is 1.15 bits per heavy atom. The minimum absolute atomic E-state index is 0.0237. The van der Waals surface area contributed by atoms with Gasteiger partial charge < -0.3 is 114 Å². The summed E-state index contributed by atoms with van der Waals surface area (Å²) in [7, 11) is 0. The molecular weight excluding hydrogens is 981 g/mol. The molecule has 6 heterocycles. The van der Waals surface area contributed by atoms with Crippen LogP contribution in [0.1, 0.15) is 92.4 Å². The Bertz CT molecular complexity index is 1990. The molecule has 74 heavy (non-hydrogen) atoms. The van der Waals surface area contributed by atoms with Crippen molar-refractivity contribution < 1.29 is 114 Å². The minimum atomic E-state index is -1.80. The van der Waals surface area contributed by atoms with Crippen LogP contribution >= 0.6 is 0 Å². The van der Waals surface area contributed by atoms with Crippen molar-refractivity contribution in [2.24, 2.45) is 40.4 Å². The van der Waals surface area contributed by atoms with Gasteiger partial charge in [0.15, 0.2) is 30.9 Å². The molecule has 9 fully saturated rings. The minimum Gasteiger partial charge on any atom is -0.394 e. The summed E-state index contributed by atoms with van der Waals surface area (Å²) < 4.78 is 61.9. The van der Waals surface area contributed by atoms with Crippen LogP contribution in [0.2, 0.25) is 0 Å².